The lowest BCUT2D eigenvalue weighted by molar-refractivity contribution is 0.763. The van der Waals surface area contributed by atoms with E-state index in [0.29, 0.717) is 11.8 Å². The molecule has 0 aromatic heterocycles. The maximum Gasteiger partial charge on any atom is 0.00206 e. The average Bonchev–Trinajstić information content (AvgIpc) is 3.02. The highest BCUT2D eigenvalue weighted by molar-refractivity contribution is 5.64. The minimum Gasteiger partial charge on any atom is -0.316 e. The number of hydrogen-bond donors (Lipinski definition) is 1. The van der Waals surface area contributed by atoms with E-state index in [2.05, 4.69) is 67.7 Å². The summed E-state index contributed by atoms with van der Waals surface area (Å²) in [4.78, 5) is 0. The SMILES string of the molecule is CC(C)c1ccc(-c2ccc(C3CCNC3)cc2)cc1. The Balaban J connectivity index is 1.79. The summed E-state index contributed by atoms with van der Waals surface area (Å²) in [5.74, 6) is 1.30. The van der Waals surface area contributed by atoms with Crippen LogP contribution >= 0.6 is 0 Å². The lowest BCUT2D eigenvalue weighted by Crippen LogP contribution is -2.07. The van der Waals surface area contributed by atoms with Gasteiger partial charge < -0.3 is 5.32 Å². The summed E-state index contributed by atoms with van der Waals surface area (Å²) in [5, 5.41) is 3.43. The Morgan fingerprint density at radius 3 is 2.00 bits per heavy atom. The van der Waals surface area contributed by atoms with Crippen molar-refractivity contribution in [1.82, 2.24) is 5.32 Å². The minimum atomic E-state index is 0.598. The van der Waals surface area contributed by atoms with Crippen molar-refractivity contribution in [2.75, 3.05) is 13.1 Å². The van der Waals surface area contributed by atoms with E-state index in [1.165, 1.54) is 28.7 Å². The van der Waals surface area contributed by atoms with E-state index >= 15 is 0 Å². The van der Waals surface area contributed by atoms with Crippen LogP contribution in [0.3, 0.4) is 0 Å². The molecule has 0 spiro atoms. The molecule has 2 aromatic carbocycles. The zero-order chi connectivity index (χ0) is 13.9. The van der Waals surface area contributed by atoms with Crippen LogP contribution in [0.5, 0.6) is 0 Å². The Bertz CT molecular complexity index is 545. The Hall–Kier alpha value is -1.60. The first-order valence-corrected chi connectivity index (χ1v) is 7.65. The Kier molecular flexibility index (Phi) is 3.88. The predicted molar refractivity (Wildman–Crippen MR) is 86.2 cm³/mol. The van der Waals surface area contributed by atoms with Crippen LogP contribution < -0.4 is 5.32 Å². The fourth-order valence-corrected chi connectivity index (χ4v) is 2.95. The molecule has 1 atom stereocenters. The third-order valence-corrected chi connectivity index (χ3v) is 4.35. The molecule has 0 aliphatic carbocycles. The molecule has 1 unspecified atom stereocenters. The van der Waals surface area contributed by atoms with E-state index in [1.807, 2.05) is 0 Å². The van der Waals surface area contributed by atoms with E-state index in [-0.39, 0.29) is 0 Å². The molecule has 0 bridgehead atoms. The second kappa shape index (κ2) is 5.80. The second-order valence-electron chi connectivity index (χ2n) is 6.09. The van der Waals surface area contributed by atoms with Crippen LogP contribution in [-0.2, 0) is 0 Å². The highest BCUT2D eigenvalue weighted by Crippen LogP contribution is 2.27. The molecule has 1 heterocycles. The summed E-state index contributed by atoms with van der Waals surface area (Å²) in [6.07, 6.45) is 1.27. The summed E-state index contributed by atoms with van der Waals surface area (Å²) in [7, 11) is 0. The molecule has 0 radical (unpaired) electrons. The van der Waals surface area contributed by atoms with Crippen molar-refractivity contribution in [2.45, 2.75) is 32.1 Å². The molecular weight excluding hydrogens is 242 g/mol. The molecule has 0 saturated carbocycles. The third kappa shape index (κ3) is 2.78. The first-order chi connectivity index (χ1) is 9.74. The van der Waals surface area contributed by atoms with Crippen LogP contribution in [0, 0.1) is 0 Å². The van der Waals surface area contributed by atoms with Gasteiger partial charge in [0.15, 0.2) is 0 Å². The monoisotopic (exact) mass is 265 g/mol. The van der Waals surface area contributed by atoms with Crippen molar-refractivity contribution in [3.05, 3.63) is 59.7 Å². The molecule has 1 N–H and O–H groups in total. The van der Waals surface area contributed by atoms with Crippen molar-refractivity contribution in [2.24, 2.45) is 0 Å². The van der Waals surface area contributed by atoms with Crippen LogP contribution in [0.15, 0.2) is 48.5 Å². The van der Waals surface area contributed by atoms with Crippen LogP contribution in [-0.4, -0.2) is 13.1 Å². The standard InChI is InChI=1S/C19H23N/c1-14(2)15-3-5-16(6-4-15)17-7-9-18(10-8-17)19-11-12-20-13-19/h3-10,14,19-20H,11-13H2,1-2H3. The van der Waals surface area contributed by atoms with Gasteiger partial charge >= 0.3 is 0 Å². The van der Waals surface area contributed by atoms with Crippen LogP contribution in [0.4, 0.5) is 0 Å². The van der Waals surface area contributed by atoms with E-state index < -0.39 is 0 Å². The van der Waals surface area contributed by atoms with E-state index in [9.17, 15) is 0 Å². The van der Waals surface area contributed by atoms with E-state index in [0.717, 1.165) is 13.1 Å². The molecule has 1 heteroatoms. The summed E-state index contributed by atoms with van der Waals surface area (Å²) >= 11 is 0. The van der Waals surface area contributed by atoms with Crippen LogP contribution in [0.2, 0.25) is 0 Å². The van der Waals surface area contributed by atoms with Gasteiger partial charge in [0.05, 0.1) is 0 Å². The first-order valence-electron chi connectivity index (χ1n) is 7.65. The lowest BCUT2D eigenvalue weighted by atomic mass is 9.94. The molecule has 104 valence electrons. The highest BCUT2D eigenvalue weighted by atomic mass is 14.9. The number of nitrogens with one attached hydrogen (secondary N) is 1. The smallest absolute Gasteiger partial charge is 0.00206 e. The molecule has 0 amide bonds. The largest absolute Gasteiger partial charge is 0.316 e. The van der Waals surface area contributed by atoms with Crippen LogP contribution in [0.1, 0.15) is 43.2 Å². The van der Waals surface area contributed by atoms with E-state index in [4.69, 9.17) is 0 Å². The molecule has 3 rings (SSSR count). The second-order valence-corrected chi connectivity index (χ2v) is 6.09. The van der Waals surface area contributed by atoms with Crippen molar-refractivity contribution in [3.8, 4) is 11.1 Å². The van der Waals surface area contributed by atoms with Gasteiger partial charge in [0.2, 0.25) is 0 Å². The lowest BCUT2D eigenvalue weighted by Gasteiger charge is -2.11. The van der Waals surface area contributed by atoms with Gasteiger partial charge in [-0.3, -0.25) is 0 Å². The highest BCUT2D eigenvalue weighted by Gasteiger charge is 2.16. The maximum absolute atomic E-state index is 3.43. The molecule has 20 heavy (non-hydrogen) atoms. The number of benzene rings is 2. The van der Waals surface area contributed by atoms with Gasteiger partial charge in [-0.05, 0) is 47.1 Å². The Morgan fingerprint density at radius 1 is 0.900 bits per heavy atom. The van der Waals surface area contributed by atoms with Gasteiger partial charge in [0.25, 0.3) is 0 Å². The third-order valence-electron chi connectivity index (χ3n) is 4.35. The van der Waals surface area contributed by atoms with Crippen molar-refractivity contribution < 1.29 is 0 Å². The summed E-state index contributed by atoms with van der Waals surface area (Å²) < 4.78 is 0. The molecular formula is C19H23N. The minimum absolute atomic E-state index is 0.598. The molecule has 1 nitrogen and oxygen atoms in total. The topological polar surface area (TPSA) is 12.0 Å². The van der Waals surface area contributed by atoms with Crippen molar-refractivity contribution in [1.29, 1.82) is 0 Å². The average molecular weight is 265 g/mol. The summed E-state index contributed by atoms with van der Waals surface area (Å²) in [6, 6.07) is 18.1. The zero-order valence-corrected chi connectivity index (χ0v) is 12.4. The van der Waals surface area contributed by atoms with Gasteiger partial charge in [-0.2, -0.15) is 0 Å². The fraction of sp³-hybridized carbons (Fsp3) is 0.368. The summed E-state index contributed by atoms with van der Waals surface area (Å²) in [5.41, 5.74) is 5.50. The van der Waals surface area contributed by atoms with Crippen molar-refractivity contribution >= 4 is 0 Å². The Labute approximate surface area is 122 Å². The van der Waals surface area contributed by atoms with E-state index in [1.54, 1.807) is 0 Å². The van der Waals surface area contributed by atoms with Gasteiger partial charge in [-0.25, -0.2) is 0 Å². The number of hydrogen-bond acceptors (Lipinski definition) is 1. The first kappa shape index (κ1) is 13.4. The normalized spacial score (nSPS) is 18.6. The molecule has 1 saturated heterocycles. The fourth-order valence-electron chi connectivity index (χ4n) is 2.95. The van der Waals surface area contributed by atoms with Gasteiger partial charge in [0, 0.05) is 6.54 Å². The quantitative estimate of drug-likeness (QED) is 0.858. The molecule has 1 aliphatic heterocycles. The van der Waals surface area contributed by atoms with Gasteiger partial charge in [-0.1, -0.05) is 62.4 Å². The van der Waals surface area contributed by atoms with Crippen molar-refractivity contribution in [3.63, 3.8) is 0 Å². The van der Waals surface area contributed by atoms with Gasteiger partial charge in [0.1, 0.15) is 0 Å². The maximum atomic E-state index is 3.43. The number of rotatable bonds is 3. The van der Waals surface area contributed by atoms with Gasteiger partial charge in [-0.15, -0.1) is 0 Å². The predicted octanol–water partition coefficient (Wildman–Crippen LogP) is 4.55. The summed E-state index contributed by atoms with van der Waals surface area (Å²) in [6.45, 7) is 6.75. The Morgan fingerprint density at radius 2 is 1.50 bits per heavy atom. The molecule has 1 fully saturated rings. The molecule has 1 aliphatic rings. The molecule has 2 aromatic rings. The van der Waals surface area contributed by atoms with Crippen LogP contribution in [0.25, 0.3) is 11.1 Å². The zero-order valence-electron chi connectivity index (χ0n) is 12.4.